The summed E-state index contributed by atoms with van der Waals surface area (Å²) < 4.78 is 5.51. The minimum absolute atomic E-state index is 0.250. The Morgan fingerprint density at radius 2 is 1.73 bits per heavy atom. The standard InChI is InChI=1S/C10H19O/c1-9(2)5-6-11-8-10(3,4)7-9/h7H,5-6,8H2,1-4H3. The second kappa shape index (κ2) is 2.78. The Kier molecular flexibility index (Phi) is 2.29. The molecule has 65 valence electrons. The molecule has 0 spiro atoms. The van der Waals surface area contributed by atoms with Crippen molar-refractivity contribution in [3.05, 3.63) is 6.42 Å². The molecule has 1 aliphatic heterocycles. The fourth-order valence-electron chi connectivity index (χ4n) is 1.84. The zero-order valence-electron chi connectivity index (χ0n) is 8.11. The monoisotopic (exact) mass is 155 g/mol. The maximum Gasteiger partial charge on any atom is 0.0520 e. The van der Waals surface area contributed by atoms with Crippen molar-refractivity contribution in [2.45, 2.75) is 34.1 Å². The van der Waals surface area contributed by atoms with E-state index in [-0.39, 0.29) is 5.41 Å². The van der Waals surface area contributed by atoms with Gasteiger partial charge in [-0.3, -0.25) is 0 Å². The SMILES string of the molecule is CC1(C)[CH]C(C)(C)COCC1. The van der Waals surface area contributed by atoms with Crippen molar-refractivity contribution < 1.29 is 4.74 Å². The lowest BCUT2D eigenvalue weighted by atomic mass is 9.75. The first kappa shape index (κ1) is 9.05. The minimum Gasteiger partial charge on any atom is -0.381 e. The molecule has 1 aliphatic rings. The van der Waals surface area contributed by atoms with Crippen LogP contribution in [-0.4, -0.2) is 13.2 Å². The minimum atomic E-state index is 0.250. The highest BCUT2D eigenvalue weighted by atomic mass is 16.5. The van der Waals surface area contributed by atoms with E-state index in [2.05, 4.69) is 34.1 Å². The van der Waals surface area contributed by atoms with Gasteiger partial charge in [0.25, 0.3) is 0 Å². The van der Waals surface area contributed by atoms with Crippen LogP contribution < -0.4 is 0 Å². The van der Waals surface area contributed by atoms with Crippen LogP contribution in [0.3, 0.4) is 0 Å². The van der Waals surface area contributed by atoms with Crippen LogP contribution in [-0.2, 0) is 4.74 Å². The van der Waals surface area contributed by atoms with Gasteiger partial charge in [0, 0.05) is 6.61 Å². The Morgan fingerprint density at radius 3 is 2.36 bits per heavy atom. The molecule has 0 bridgehead atoms. The number of hydrogen-bond acceptors (Lipinski definition) is 1. The molecule has 1 fully saturated rings. The first-order valence-electron chi connectivity index (χ1n) is 4.36. The van der Waals surface area contributed by atoms with E-state index in [0.717, 1.165) is 19.6 Å². The third kappa shape index (κ3) is 2.82. The summed E-state index contributed by atoms with van der Waals surface area (Å²) in [6.45, 7) is 10.8. The molecule has 0 aromatic rings. The lowest BCUT2D eigenvalue weighted by Gasteiger charge is -2.29. The largest absolute Gasteiger partial charge is 0.381 e. The van der Waals surface area contributed by atoms with Gasteiger partial charge in [0.05, 0.1) is 6.61 Å². The summed E-state index contributed by atoms with van der Waals surface area (Å²) in [5.74, 6) is 0. The second-order valence-electron chi connectivity index (χ2n) is 4.92. The Bertz CT molecular complexity index is 120. The van der Waals surface area contributed by atoms with Crippen LogP contribution in [0.15, 0.2) is 0 Å². The quantitative estimate of drug-likeness (QED) is 0.522. The average Bonchev–Trinajstić information content (AvgIpc) is 1.86. The lowest BCUT2D eigenvalue weighted by Crippen LogP contribution is -2.24. The van der Waals surface area contributed by atoms with Crippen LogP contribution in [0, 0.1) is 17.3 Å². The van der Waals surface area contributed by atoms with Crippen LogP contribution >= 0.6 is 0 Å². The van der Waals surface area contributed by atoms with E-state index >= 15 is 0 Å². The summed E-state index contributed by atoms with van der Waals surface area (Å²) in [4.78, 5) is 0. The van der Waals surface area contributed by atoms with E-state index in [0.29, 0.717) is 5.41 Å². The Balaban J connectivity index is 2.62. The molecule has 0 N–H and O–H groups in total. The van der Waals surface area contributed by atoms with Crippen LogP contribution in [0.1, 0.15) is 34.1 Å². The molecule has 0 saturated carbocycles. The van der Waals surface area contributed by atoms with E-state index in [4.69, 9.17) is 4.74 Å². The van der Waals surface area contributed by atoms with Gasteiger partial charge >= 0.3 is 0 Å². The molecule has 0 amide bonds. The summed E-state index contributed by atoms with van der Waals surface area (Å²) in [7, 11) is 0. The topological polar surface area (TPSA) is 9.23 Å². The van der Waals surface area contributed by atoms with Crippen molar-refractivity contribution in [2.24, 2.45) is 10.8 Å². The van der Waals surface area contributed by atoms with E-state index < -0.39 is 0 Å². The predicted molar refractivity (Wildman–Crippen MR) is 47.3 cm³/mol. The molecular formula is C10H19O. The fourth-order valence-corrected chi connectivity index (χ4v) is 1.84. The Labute approximate surface area is 70.1 Å². The maximum atomic E-state index is 5.51. The van der Waals surface area contributed by atoms with Gasteiger partial charge in [0.1, 0.15) is 0 Å². The Hall–Kier alpha value is -0.0400. The smallest absolute Gasteiger partial charge is 0.0520 e. The Morgan fingerprint density at radius 1 is 1.09 bits per heavy atom. The second-order valence-corrected chi connectivity index (χ2v) is 4.92. The van der Waals surface area contributed by atoms with Gasteiger partial charge in [-0.25, -0.2) is 0 Å². The highest BCUT2D eigenvalue weighted by Crippen LogP contribution is 2.37. The van der Waals surface area contributed by atoms with Gasteiger partial charge in [0.15, 0.2) is 0 Å². The van der Waals surface area contributed by atoms with Crippen LogP contribution in [0.4, 0.5) is 0 Å². The van der Waals surface area contributed by atoms with Gasteiger partial charge in [0.2, 0.25) is 0 Å². The van der Waals surface area contributed by atoms with Crippen molar-refractivity contribution in [1.29, 1.82) is 0 Å². The molecule has 0 aromatic carbocycles. The first-order valence-corrected chi connectivity index (χ1v) is 4.36. The summed E-state index contributed by atoms with van der Waals surface area (Å²) in [5, 5.41) is 0. The van der Waals surface area contributed by atoms with Crippen molar-refractivity contribution in [3.63, 3.8) is 0 Å². The van der Waals surface area contributed by atoms with Gasteiger partial charge < -0.3 is 4.74 Å². The van der Waals surface area contributed by atoms with E-state index in [1.165, 1.54) is 0 Å². The normalized spacial score (nSPS) is 29.5. The molecule has 0 aliphatic carbocycles. The molecule has 1 heteroatoms. The fraction of sp³-hybridized carbons (Fsp3) is 0.900. The molecule has 1 rings (SSSR count). The molecule has 1 saturated heterocycles. The van der Waals surface area contributed by atoms with Gasteiger partial charge in [-0.1, -0.05) is 27.7 Å². The van der Waals surface area contributed by atoms with E-state index in [1.807, 2.05) is 0 Å². The third-order valence-corrected chi connectivity index (χ3v) is 2.15. The average molecular weight is 155 g/mol. The molecule has 1 radical (unpaired) electrons. The molecule has 1 nitrogen and oxygen atoms in total. The summed E-state index contributed by atoms with van der Waals surface area (Å²) in [6, 6.07) is 0. The van der Waals surface area contributed by atoms with Gasteiger partial charge in [-0.15, -0.1) is 0 Å². The highest BCUT2D eigenvalue weighted by molar-refractivity contribution is 4.97. The van der Waals surface area contributed by atoms with Crippen molar-refractivity contribution >= 4 is 0 Å². The third-order valence-electron chi connectivity index (χ3n) is 2.15. The predicted octanol–water partition coefficient (Wildman–Crippen LogP) is 2.66. The highest BCUT2D eigenvalue weighted by Gasteiger charge is 2.31. The maximum absolute atomic E-state index is 5.51. The van der Waals surface area contributed by atoms with Crippen molar-refractivity contribution in [1.82, 2.24) is 0 Å². The molecule has 1 heterocycles. The zero-order chi connectivity index (χ0) is 8.54. The molecule has 0 unspecified atom stereocenters. The number of rotatable bonds is 0. The molecule has 0 atom stereocenters. The molecule has 11 heavy (non-hydrogen) atoms. The van der Waals surface area contributed by atoms with Crippen LogP contribution in [0.25, 0.3) is 0 Å². The lowest BCUT2D eigenvalue weighted by molar-refractivity contribution is 0.0910. The number of hydrogen-bond donors (Lipinski definition) is 0. The summed E-state index contributed by atoms with van der Waals surface area (Å²) in [5.41, 5.74) is 0.597. The first-order chi connectivity index (χ1) is 4.91. The van der Waals surface area contributed by atoms with E-state index in [1.54, 1.807) is 0 Å². The van der Waals surface area contributed by atoms with Crippen LogP contribution in [0.5, 0.6) is 0 Å². The summed E-state index contributed by atoms with van der Waals surface area (Å²) >= 11 is 0. The molecule has 0 aromatic heterocycles. The summed E-state index contributed by atoms with van der Waals surface area (Å²) in [6.07, 6.45) is 3.57. The van der Waals surface area contributed by atoms with Crippen molar-refractivity contribution in [2.75, 3.05) is 13.2 Å². The van der Waals surface area contributed by atoms with Gasteiger partial charge in [-0.2, -0.15) is 0 Å². The van der Waals surface area contributed by atoms with Crippen LogP contribution in [0.2, 0.25) is 0 Å². The van der Waals surface area contributed by atoms with Gasteiger partial charge in [-0.05, 0) is 23.7 Å². The molecular weight excluding hydrogens is 136 g/mol. The van der Waals surface area contributed by atoms with E-state index in [9.17, 15) is 0 Å². The van der Waals surface area contributed by atoms with Crippen molar-refractivity contribution in [3.8, 4) is 0 Å². The zero-order valence-corrected chi connectivity index (χ0v) is 8.11. The number of ether oxygens (including phenoxy) is 1.